The fraction of sp³-hybridized carbons (Fsp3) is 0.462. The third-order valence-electron chi connectivity index (χ3n) is 6.81. The Morgan fingerprint density at radius 3 is 2.45 bits per heavy atom. The van der Waals surface area contributed by atoms with Crippen LogP contribution in [-0.2, 0) is 43.9 Å². The minimum absolute atomic E-state index is 0.0968. The summed E-state index contributed by atoms with van der Waals surface area (Å²) in [5.74, 6) is -0.402. The number of nitrogens with zero attached hydrogens (tertiary/aromatic N) is 6. The van der Waals surface area contributed by atoms with Gasteiger partial charge in [-0.05, 0) is 42.2 Å². The molecule has 1 amide bonds. The number of amides is 1. The van der Waals surface area contributed by atoms with E-state index in [0.717, 1.165) is 23.1 Å². The molecule has 0 spiro atoms. The smallest absolute Gasteiger partial charge is 0.241 e. The first-order valence-corrected chi connectivity index (χ1v) is 14.4. The molecule has 0 N–H and O–H groups in total. The fourth-order valence-electron chi connectivity index (χ4n) is 4.66. The maximum absolute atomic E-state index is 13.3. The van der Waals surface area contributed by atoms with Crippen LogP contribution in [0.25, 0.3) is 11.1 Å². The van der Waals surface area contributed by atoms with E-state index in [9.17, 15) is 13.2 Å². The van der Waals surface area contributed by atoms with Gasteiger partial charge in [0.2, 0.25) is 15.9 Å². The summed E-state index contributed by atoms with van der Waals surface area (Å²) < 4.78 is 40.5. The van der Waals surface area contributed by atoms with E-state index >= 15 is 0 Å². The highest BCUT2D eigenvalue weighted by Gasteiger charge is 2.38. The van der Waals surface area contributed by atoms with Crippen molar-refractivity contribution in [2.24, 2.45) is 0 Å². The van der Waals surface area contributed by atoms with Crippen molar-refractivity contribution < 1.29 is 22.7 Å². The topological polar surface area (TPSA) is 120 Å². The Kier molecular flexibility index (Phi) is 8.12. The summed E-state index contributed by atoms with van der Waals surface area (Å²) in [6, 6.07) is 10.7. The average Bonchev–Trinajstić information content (AvgIpc) is 3.38. The van der Waals surface area contributed by atoms with Gasteiger partial charge < -0.3 is 14.4 Å². The number of ether oxygens (including phenoxy) is 2. The molecule has 3 aromatic rings. The second-order valence-electron chi connectivity index (χ2n) is 9.52. The molecule has 2 aliphatic heterocycles. The Bertz CT molecular complexity index is 1330. The van der Waals surface area contributed by atoms with Crippen LogP contribution in [-0.4, -0.2) is 81.4 Å². The number of aromatic nitrogens is 4. The van der Waals surface area contributed by atoms with E-state index in [1.807, 2.05) is 36.4 Å². The van der Waals surface area contributed by atoms with Crippen LogP contribution < -0.4 is 0 Å². The average molecular weight is 541 g/mol. The molecule has 2 saturated heterocycles. The molecule has 11 nitrogen and oxygen atoms in total. The highest BCUT2D eigenvalue weighted by Crippen LogP contribution is 2.23. The molecule has 12 heteroatoms. The van der Waals surface area contributed by atoms with E-state index in [1.54, 1.807) is 35.1 Å². The molecule has 38 heavy (non-hydrogen) atoms. The lowest BCUT2D eigenvalue weighted by Gasteiger charge is -2.26. The van der Waals surface area contributed by atoms with Gasteiger partial charge in [0.05, 0.1) is 31.7 Å². The van der Waals surface area contributed by atoms with Gasteiger partial charge in [-0.3, -0.25) is 14.5 Å². The predicted octanol–water partition coefficient (Wildman–Crippen LogP) is 2.06. The van der Waals surface area contributed by atoms with Crippen molar-refractivity contribution in [1.29, 1.82) is 0 Å². The number of hydrogen-bond acceptors (Lipinski definition) is 8. The predicted molar refractivity (Wildman–Crippen MR) is 139 cm³/mol. The molecule has 0 saturated carbocycles. The lowest BCUT2D eigenvalue weighted by Crippen LogP contribution is -2.45. The molecule has 1 aromatic carbocycles. The molecule has 1 atom stereocenters. The molecule has 5 rings (SSSR count). The van der Waals surface area contributed by atoms with Gasteiger partial charge in [0, 0.05) is 38.4 Å². The van der Waals surface area contributed by atoms with Gasteiger partial charge in [-0.2, -0.15) is 4.31 Å². The zero-order chi connectivity index (χ0) is 26.5. The van der Waals surface area contributed by atoms with Crippen molar-refractivity contribution in [3.05, 3.63) is 66.2 Å². The number of rotatable bonds is 8. The van der Waals surface area contributed by atoms with Gasteiger partial charge in [-0.25, -0.2) is 8.42 Å². The highest BCUT2D eigenvalue weighted by atomic mass is 32.2. The summed E-state index contributed by atoms with van der Waals surface area (Å²) in [7, 11) is -3.65. The maximum atomic E-state index is 13.3. The number of carbonyl (C=O) groups excluding carboxylic acids is 1. The van der Waals surface area contributed by atoms with Crippen LogP contribution in [0.5, 0.6) is 0 Å². The van der Waals surface area contributed by atoms with E-state index < -0.39 is 16.1 Å². The number of sulfonamides is 1. The van der Waals surface area contributed by atoms with Crippen LogP contribution in [0.15, 0.2) is 55.0 Å². The molecular formula is C26H32N6O5S. The van der Waals surface area contributed by atoms with Crippen molar-refractivity contribution in [3.8, 4) is 11.1 Å². The maximum Gasteiger partial charge on any atom is 0.241 e. The quantitative estimate of drug-likeness (QED) is 0.426. The fourth-order valence-corrected chi connectivity index (χ4v) is 6.26. The van der Waals surface area contributed by atoms with E-state index in [4.69, 9.17) is 9.47 Å². The summed E-state index contributed by atoms with van der Waals surface area (Å²) in [6.07, 6.45) is 6.55. The van der Waals surface area contributed by atoms with E-state index in [1.165, 1.54) is 4.31 Å². The van der Waals surface area contributed by atoms with Gasteiger partial charge in [0.1, 0.15) is 11.7 Å². The second-order valence-corrected chi connectivity index (χ2v) is 11.6. The molecular weight excluding hydrogens is 508 g/mol. The third-order valence-corrected chi connectivity index (χ3v) is 8.67. The summed E-state index contributed by atoms with van der Waals surface area (Å²) in [4.78, 5) is 18.9. The van der Waals surface area contributed by atoms with Crippen molar-refractivity contribution in [2.45, 2.75) is 51.7 Å². The summed E-state index contributed by atoms with van der Waals surface area (Å²) in [5.41, 5.74) is 3.46. The molecule has 1 unspecified atom stereocenters. The molecule has 202 valence electrons. The van der Waals surface area contributed by atoms with E-state index in [2.05, 4.69) is 15.3 Å². The third kappa shape index (κ3) is 6.26. The Balaban J connectivity index is 1.22. The number of carbonyl (C=O) groups is 1. The number of hydrogen-bond donors (Lipinski definition) is 0. The number of pyridine rings is 1. The van der Waals surface area contributed by atoms with Crippen molar-refractivity contribution in [3.63, 3.8) is 0 Å². The minimum Gasteiger partial charge on any atom is -0.353 e. The zero-order valence-electron chi connectivity index (χ0n) is 21.3. The van der Waals surface area contributed by atoms with Gasteiger partial charge in [-0.1, -0.05) is 29.5 Å². The number of benzene rings is 1. The molecule has 0 radical (unpaired) electrons. The zero-order valence-corrected chi connectivity index (χ0v) is 22.2. The normalized spacial score (nSPS) is 20.9. The molecule has 2 aromatic heterocycles. The Hall–Kier alpha value is -3.19. The largest absolute Gasteiger partial charge is 0.353 e. The Morgan fingerprint density at radius 2 is 1.71 bits per heavy atom. The summed E-state index contributed by atoms with van der Waals surface area (Å²) in [5, 5.41) is 8.34. The number of aryl methyl sites for hydroxylation is 1. The van der Waals surface area contributed by atoms with Gasteiger partial charge >= 0.3 is 0 Å². The lowest BCUT2D eigenvalue weighted by atomic mass is 10.1. The minimum atomic E-state index is -3.65. The van der Waals surface area contributed by atoms with Gasteiger partial charge in [0.25, 0.3) is 0 Å². The first-order chi connectivity index (χ1) is 18.4. The van der Waals surface area contributed by atoms with Crippen LogP contribution in [0.4, 0.5) is 0 Å². The Morgan fingerprint density at radius 1 is 1.00 bits per heavy atom. The lowest BCUT2D eigenvalue weighted by molar-refractivity contribution is -0.182. The van der Waals surface area contributed by atoms with Crippen LogP contribution >= 0.6 is 0 Å². The summed E-state index contributed by atoms with van der Waals surface area (Å²) >= 11 is 0. The SMILES string of the molecule is CC1C(=O)N(Cc2cn(CCC3OCCCO3)nn2)CCS(=O)(=O)N1Cc1ccc(-c2ccncc2)cc1. The van der Waals surface area contributed by atoms with Gasteiger partial charge in [-0.15, -0.1) is 5.10 Å². The first-order valence-electron chi connectivity index (χ1n) is 12.8. The van der Waals surface area contributed by atoms with E-state index in [0.29, 0.717) is 31.9 Å². The monoisotopic (exact) mass is 540 g/mol. The molecule has 4 heterocycles. The van der Waals surface area contributed by atoms with Gasteiger partial charge in [0.15, 0.2) is 6.29 Å². The van der Waals surface area contributed by atoms with Crippen LogP contribution in [0.1, 0.15) is 31.0 Å². The van der Waals surface area contributed by atoms with E-state index in [-0.39, 0.29) is 37.6 Å². The Labute approximate surface area is 222 Å². The summed E-state index contributed by atoms with van der Waals surface area (Å²) in [6.45, 7) is 4.03. The highest BCUT2D eigenvalue weighted by molar-refractivity contribution is 7.89. The molecule has 0 aliphatic carbocycles. The van der Waals surface area contributed by atoms with Crippen LogP contribution in [0.3, 0.4) is 0 Å². The molecule has 2 fully saturated rings. The standard InChI is InChI=1S/C26H32N6O5S/c1-20-26(33)30(18-24-19-31(29-28-24)12-9-25-36-14-2-15-37-25)13-16-38(34,35)32(20)17-21-3-5-22(6-4-21)23-7-10-27-11-8-23/h3-8,10-11,19-20,25H,2,9,12-18H2,1H3. The van der Waals surface area contributed by atoms with Crippen molar-refractivity contribution in [2.75, 3.05) is 25.5 Å². The second kappa shape index (κ2) is 11.7. The van der Waals surface area contributed by atoms with Crippen molar-refractivity contribution >= 4 is 15.9 Å². The van der Waals surface area contributed by atoms with Crippen molar-refractivity contribution in [1.82, 2.24) is 29.2 Å². The molecule has 2 aliphatic rings. The van der Waals surface area contributed by atoms with Crippen LogP contribution in [0, 0.1) is 0 Å². The first kappa shape index (κ1) is 26.4. The molecule has 0 bridgehead atoms. The van der Waals surface area contributed by atoms with Crippen LogP contribution in [0.2, 0.25) is 0 Å².